The number of nitro groups is 1. The molecule has 0 amide bonds. The van der Waals surface area contributed by atoms with Crippen LogP contribution in [0.5, 0.6) is 0 Å². The summed E-state index contributed by atoms with van der Waals surface area (Å²) < 4.78 is 17.6. The molecular weight excluding hydrogens is 204 g/mol. The molecule has 6 nitrogen and oxygen atoms in total. The zero-order chi connectivity index (χ0) is 10.8. The predicted octanol–water partition coefficient (Wildman–Crippen LogP) is 0.398. The minimum atomic E-state index is -0.992. The van der Waals surface area contributed by atoms with Crippen molar-refractivity contribution in [3.05, 3.63) is 22.5 Å². The molecule has 0 radical (unpaired) electrons. The Hall–Kier alpha value is -1.37. The van der Waals surface area contributed by atoms with Crippen LogP contribution in [-0.2, 0) is 4.74 Å². The van der Waals surface area contributed by atoms with E-state index in [4.69, 9.17) is 4.74 Å². The van der Waals surface area contributed by atoms with Crippen molar-refractivity contribution in [2.45, 2.75) is 31.5 Å². The number of halogens is 1. The summed E-state index contributed by atoms with van der Waals surface area (Å²) in [6, 6.07) is 0. The number of hydrogen-bond donors (Lipinski definition) is 1. The third kappa shape index (κ3) is 1.87. The van der Waals surface area contributed by atoms with Gasteiger partial charge >= 0.3 is 6.29 Å². The quantitative estimate of drug-likeness (QED) is 0.546. The highest BCUT2D eigenvalue weighted by Gasteiger charge is 2.38. The lowest BCUT2D eigenvalue weighted by atomic mass is 10.2. The summed E-state index contributed by atoms with van der Waals surface area (Å²) in [7, 11) is 0. The average Bonchev–Trinajstić information content (AvgIpc) is 2.85. The molecule has 2 aliphatic heterocycles. The lowest BCUT2D eigenvalue weighted by Crippen LogP contribution is -2.47. The molecule has 1 unspecified atom stereocenters. The third-order valence-corrected chi connectivity index (χ3v) is 2.56. The van der Waals surface area contributed by atoms with Crippen LogP contribution in [0.25, 0.3) is 0 Å². The molecule has 0 saturated carbocycles. The van der Waals surface area contributed by atoms with Gasteiger partial charge in [-0.2, -0.15) is 0 Å². The van der Waals surface area contributed by atoms with E-state index in [1.807, 2.05) is 0 Å². The van der Waals surface area contributed by atoms with Crippen molar-refractivity contribution in [3.63, 3.8) is 0 Å². The maximum Gasteiger partial charge on any atom is 0.367 e. The highest BCUT2D eigenvalue weighted by molar-refractivity contribution is 4.93. The summed E-state index contributed by atoms with van der Waals surface area (Å²) in [5.74, 6) is 0. The van der Waals surface area contributed by atoms with E-state index in [2.05, 4.69) is 5.32 Å². The van der Waals surface area contributed by atoms with Gasteiger partial charge in [0.1, 0.15) is 12.9 Å². The van der Waals surface area contributed by atoms with Gasteiger partial charge < -0.3 is 10.1 Å². The van der Waals surface area contributed by atoms with Crippen LogP contribution in [-0.4, -0.2) is 35.1 Å². The first-order valence-corrected chi connectivity index (χ1v) is 4.77. The fraction of sp³-hybridized carbons (Fsp3) is 0.750. The number of rotatable bonds is 3. The zero-order valence-corrected chi connectivity index (χ0v) is 8.01. The first-order chi connectivity index (χ1) is 7.22. The Morgan fingerprint density at radius 3 is 3.07 bits per heavy atom. The number of nitrogens with zero attached hydrogens (tertiary/aromatic N) is 2. The van der Waals surface area contributed by atoms with E-state index < -0.39 is 30.2 Å². The predicted molar refractivity (Wildman–Crippen MR) is 48.8 cm³/mol. The molecule has 7 heteroatoms. The van der Waals surface area contributed by atoms with E-state index in [-0.39, 0.29) is 0 Å². The standard InChI is InChI=1S/C8H12FN3O3/c9-5-6-1-2-7(15-6)11-4-3-10-8(11)12(13)14/h3-4,6-8,10H,1-2,5H2/t6-,7+,8?/m0/s1/i9-1. The first kappa shape index (κ1) is 10.2. The largest absolute Gasteiger partial charge is 0.367 e. The van der Waals surface area contributed by atoms with Gasteiger partial charge in [0, 0.05) is 12.4 Å². The summed E-state index contributed by atoms with van der Waals surface area (Å²) >= 11 is 0. The smallest absolute Gasteiger partial charge is 0.352 e. The summed E-state index contributed by atoms with van der Waals surface area (Å²) in [6.07, 6.45) is 2.48. The monoisotopic (exact) mass is 216 g/mol. The lowest BCUT2D eigenvalue weighted by molar-refractivity contribution is -0.554. The van der Waals surface area contributed by atoms with Crippen molar-refractivity contribution in [1.29, 1.82) is 0 Å². The number of ether oxygens (including phenoxy) is 1. The molecule has 0 aromatic rings. The van der Waals surface area contributed by atoms with E-state index in [1.54, 1.807) is 6.20 Å². The second-order valence-corrected chi connectivity index (χ2v) is 3.53. The summed E-state index contributed by atoms with van der Waals surface area (Å²) in [5, 5.41) is 13.2. The van der Waals surface area contributed by atoms with E-state index in [0.717, 1.165) is 0 Å². The Balaban J connectivity index is 1.98. The fourth-order valence-corrected chi connectivity index (χ4v) is 1.83. The Kier molecular flexibility index (Phi) is 2.72. The molecule has 3 atom stereocenters. The van der Waals surface area contributed by atoms with Gasteiger partial charge in [-0.05, 0) is 12.8 Å². The summed E-state index contributed by atoms with van der Waals surface area (Å²) in [4.78, 5) is 11.7. The molecule has 2 aliphatic rings. The third-order valence-electron chi connectivity index (χ3n) is 2.56. The molecule has 1 N–H and O–H groups in total. The van der Waals surface area contributed by atoms with Crippen molar-refractivity contribution >= 4 is 0 Å². The van der Waals surface area contributed by atoms with Gasteiger partial charge in [0.2, 0.25) is 0 Å². The van der Waals surface area contributed by atoms with Gasteiger partial charge in [-0.25, -0.2) is 4.39 Å². The van der Waals surface area contributed by atoms with E-state index in [9.17, 15) is 14.5 Å². The molecule has 0 bridgehead atoms. The minimum Gasteiger partial charge on any atom is -0.352 e. The Labute approximate surface area is 85.8 Å². The van der Waals surface area contributed by atoms with E-state index in [0.29, 0.717) is 12.8 Å². The van der Waals surface area contributed by atoms with Crippen LogP contribution >= 0.6 is 0 Å². The van der Waals surface area contributed by atoms with Gasteiger partial charge in [-0.3, -0.25) is 15.0 Å². The molecule has 1 fully saturated rings. The van der Waals surface area contributed by atoms with Gasteiger partial charge in [-0.15, -0.1) is 0 Å². The summed E-state index contributed by atoms with van der Waals surface area (Å²) in [5.41, 5.74) is 0. The maximum atomic E-state index is 12.3. The van der Waals surface area contributed by atoms with Gasteiger partial charge in [-0.1, -0.05) is 0 Å². The van der Waals surface area contributed by atoms with Crippen LogP contribution in [0.2, 0.25) is 0 Å². The van der Waals surface area contributed by atoms with Crippen molar-refractivity contribution in [2.24, 2.45) is 0 Å². The number of nitrogens with one attached hydrogen (secondary N) is 1. The van der Waals surface area contributed by atoms with Gasteiger partial charge in [0.15, 0.2) is 0 Å². The molecule has 0 aliphatic carbocycles. The van der Waals surface area contributed by atoms with Gasteiger partial charge in [0.05, 0.1) is 11.0 Å². The molecule has 2 heterocycles. The van der Waals surface area contributed by atoms with Crippen molar-refractivity contribution in [2.75, 3.05) is 6.67 Å². The highest BCUT2D eigenvalue weighted by atomic mass is 18.2. The fourth-order valence-electron chi connectivity index (χ4n) is 1.83. The van der Waals surface area contributed by atoms with Crippen LogP contribution < -0.4 is 5.32 Å². The van der Waals surface area contributed by atoms with Crippen LogP contribution in [0.1, 0.15) is 12.8 Å². The molecular formula is C8H12FN3O3. The van der Waals surface area contributed by atoms with Crippen LogP contribution in [0, 0.1) is 10.1 Å². The Morgan fingerprint density at radius 2 is 2.47 bits per heavy atom. The molecule has 0 aromatic heterocycles. The second kappa shape index (κ2) is 4.01. The Bertz CT molecular complexity index is 286. The highest BCUT2D eigenvalue weighted by Crippen LogP contribution is 2.25. The summed E-state index contributed by atoms with van der Waals surface area (Å²) in [6.45, 7) is -0.537. The lowest BCUT2D eigenvalue weighted by Gasteiger charge is -2.24. The zero-order valence-electron chi connectivity index (χ0n) is 8.01. The SMILES string of the molecule is O=[N+]([O-])C1NC=CN1[C@H]1CC[C@@H](C[18F])O1. The molecule has 0 aromatic carbocycles. The topological polar surface area (TPSA) is 67.6 Å². The average molecular weight is 216 g/mol. The minimum absolute atomic E-state index is 0.396. The van der Waals surface area contributed by atoms with E-state index in [1.165, 1.54) is 11.1 Å². The van der Waals surface area contributed by atoms with Crippen molar-refractivity contribution in [3.8, 4) is 0 Å². The molecule has 2 rings (SSSR count). The van der Waals surface area contributed by atoms with Crippen LogP contribution in [0.3, 0.4) is 0 Å². The normalized spacial score (nSPS) is 34.5. The van der Waals surface area contributed by atoms with E-state index >= 15 is 0 Å². The molecule has 1 saturated heterocycles. The molecule has 15 heavy (non-hydrogen) atoms. The van der Waals surface area contributed by atoms with Crippen molar-refractivity contribution in [1.82, 2.24) is 10.2 Å². The second-order valence-electron chi connectivity index (χ2n) is 3.53. The Morgan fingerprint density at radius 1 is 1.67 bits per heavy atom. The number of hydrogen-bond acceptors (Lipinski definition) is 5. The van der Waals surface area contributed by atoms with Crippen LogP contribution in [0.4, 0.5) is 4.39 Å². The van der Waals surface area contributed by atoms with Gasteiger partial charge in [0.25, 0.3) is 0 Å². The number of alkyl halides is 1. The van der Waals surface area contributed by atoms with Crippen molar-refractivity contribution < 1.29 is 14.1 Å². The van der Waals surface area contributed by atoms with Crippen LogP contribution in [0.15, 0.2) is 12.4 Å². The first-order valence-electron chi connectivity index (χ1n) is 4.77. The maximum absolute atomic E-state index is 12.3. The molecule has 0 spiro atoms. The molecule has 84 valence electrons.